The summed E-state index contributed by atoms with van der Waals surface area (Å²) >= 11 is 3.22. The fraction of sp³-hybridized carbons (Fsp3) is 0.167. The summed E-state index contributed by atoms with van der Waals surface area (Å²) in [6, 6.07) is 6.31. The highest BCUT2D eigenvalue weighted by molar-refractivity contribution is 9.10. The van der Waals surface area contributed by atoms with Crippen molar-refractivity contribution in [2.24, 2.45) is 5.73 Å². The van der Waals surface area contributed by atoms with Crippen LogP contribution in [0.5, 0.6) is 5.75 Å². The lowest BCUT2D eigenvalue weighted by Crippen LogP contribution is -2.12. The third-order valence-electron chi connectivity index (χ3n) is 4.29. The quantitative estimate of drug-likeness (QED) is 0.269. The SMILES string of the molecule is NC(=O)c1cc(OCc2ccc(C(F)(F)F)cc2)c2sc(C(F)(F)P(=O)(O)O)c(Br)c2c1. The first kappa shape index (κ1) is 24.6. The van der Waals surface area contributed by atoms with Crippen molar-refractivity contribution in [3.05, 3.63) is 62.4 Å². The molecule has 14 heteroatoms. The van der Waals surface area contributed by atoms with E-state index in [-0.39, 0.29) is 32.5 Å². The molecule has 0 unspecified atom stereocenters. The molecule has 0 fully saturated rings. The molecule has 0 bridgehead atoms. The van der Waals surface area contributed by atoms with Gasteiger partial charge in [0.05, 0.1) is 10.3 Å². The molecule has 2 aromatic carbocycles. The van der Waals surface area contributed by atoms with Crippen LogP contribution in [0.25, 0.3) is 10.1 Å². The molecule has 172 valence electrons. The number of nitrogens with two attached hydrogens (primary N) is 1. The molecule has 3 rings (SSSR count). The average Bonchev–Trinajstić information content (AvgIpc) is 3.02. The van der Waals surface area contributed by atoms with Crippen molar-refractivity contribution in [1.82, 2.24) is 0 Å². The van der Waals surface area contributed by atoms with Gasteiger partial charge in [-0.15, -0.1) is 11.3 Å². The minimum Gasteiger partial charge on any atom is -0.487 e. The van der Waals surface area contributed by atoms with Crippen LogP contribution in [0.15, 0.2) is 40.9 Å². The van der Waals surface area contributed by atoms with Gasteiger partial charge in [0, 0.05) is 15.4 Å². The van der Waals surface area contributed by atoms with Gasteiger partial charge >= 0.3 is 19.4 Å². The molecule has 3 aromatic rings. The average molecular weight is 560 g/mol. The van der Waals surface area contributed by atoms with Gasteiger partial charge in [0.25, 0.3) is 0 Å². The lowest BCUT2D eigenvalue weighted by Gasteiger charge is -2.16. The van der Waals surface area contributed by atoms with Gasteiger partial charge in [-0.25, -0.2) is 0 Å². The molecule has 0 aliphatic heterocycles. The summed E-state index contributed by atoms with van der Waals surface area (Å²) in [5.74, 6) is -1.04. The van der Waals surface area contributed by atoms with E-state index in [9.17, 15) is 31.3 Å². The molecule has 0 atom stereocenters. The topological polar surface area (TPSA) is 110 Å². The van der Waals surface area contributed by atoms with Gasteiger partial charge in [-0.3, -0.25) is 9.36 Å². The van der Waals surface area contributed by atoms with E-state index in [0.717, 1.165) is 36.4 Å². The summed E-state index contributed by atoms with van der Waals surface area (Å²) in [4.78, 5) is 28.8. The summed E-state index contributed by atoms with van der Waals surface area (Å²) < 4.78 is 83.3. The maximum absolute atomic E-state index is 14.3. The van der Waals surface area contributed by atoms with Crippen LogP contribution >= 0.6 is 34.9 Å². The van der Waals surface area contributed by atoms with Crippen molar-refractivity contribution in [3.8, 4) is 5.75 Å². The van der Waals surface area contributed by atoms with Crippen molar-refractivity contribution in [3.63, 3.8) is 0 Å². The van der Waals surface area contributed by atoms with E-state index >= 15 is 0 Å². The minimum atomic E-state index is -5.88. The first-order valence-corrected chi connectivity index (χ1v) is 11.6. The first-order chi connectivity index (χ1) is 14.6. The second-order valence-corrected chi connectivity index (χ2v) is 9.99. The lowest BCUT2D eigenvalue weighted by molar-refractivity contribution is -0.137. The molecule has 0 radical (unpaired) electrons. The van der Waals surface area contributed by atoms with Crippen LogP contribution in [0, 0.1) is 0 Å². The predicted molar refractivity (Wildman–Crippen MR) is 110 cm³/mol. The van der Waals surface area contributed by atoms with Crippen molar-refractivity contribution in [2.75, 3.05) is 0 Å². The normalized spacial score (nSPS) is 12.9. The number of fused-ring (bicyclic) bond motifs is 1. The van der Waals surface area contributed by atoms with Crippen LogP contribution in [0.2, 0.25) is 0 Å². The molecule has 1 heterocycles. The number of thiophene rings is 1. The summed E-state index contributed by atoms with van der Waals surface area (Å²) in [6.45, 7) is -0.283. The second kappa shape index (κ2) is 8.38. The fourth-order valence-electron chi connectivity index (χ4n) is 2.67. The highest BCUT2D eigenvalue weighted by Crippen LogP contribution is 2.63. The van der Waals surface area contributed by atoms with Gasteiger partial charge < -0.3 is 20.3 Å². The van der Waals surface area contributed by atoms with Gasteiger partial charge in [-0.05, 0) is 45.8 Å². The third-order valence-corrected chi connectivity index (χ3v) is 7.78. The van der Waals surface area contributed by atoms with Gasteiger partial charge in [0.2, 0.25) is 5.91 Å². The molecule has 1 aromatic heterocycles. The Hall–Kier alpha value is -2.05. The standard InChI is InChI=1S/C18H12BrF5NO5PS/c19-13-11-5-9(16(25)26)6-12(14(11)32-15(13)18(23,24)31(27,28)29)30-7-8-1-3-10(4-2-8)17(20,21)22/h1-6H,7H2,(H2,25,26)(H2,27,28,29). The van der Waals surface area contributed by atoms with Crippen LogP contribution in [0.1, 0.15) is 26.4 Å². The monoisotopic (exact) mass is 559 g/mol. The largest absolute Gasteiger partial charge is 0.487 e. The predicted octanol–water partition coefficient (Wildman–Crippen LogP) is 5.59. The number of hydrogen-bond acceptors (Lipinski definition) is 4. The van der Waals surface area contributed by atoms with Crippen molar-refractivity contribution in [1.29, 1.82) is 0 Å². The number of carbonyl (C=O) groups is 1. The number of primary amides is 1. The highest BCUT2D eigenvalue weighted by atomic mass is 79.9. The zero-order chi connectivity index (χ0) is 24.1. The summed E-state index contributed by atoms with van der Waals surface area (Å²) in [5, 5.41) is -0.00292. The molecule has 32 heavy (non-hydrogen) atoms. The summed E-state index contributed by atoms with van der Waals surface area (Å²) in [5.41, 5.74) is 0.0517. The zero-order valence-electron chi connectivity index (χ0n) is 15.5. The van der Waals surface area contributed by atoms with Gasteiger partial charge in [-0.1, -0.05) is 12.1 Å². The molecule has 0 aliphatic carbocycles. The number of hydrogen-bond donors (Lipinski definition) is 3. The number of alkyl halides is 5. The molecular formula is C18H12BrF5NO5PS. The Morgan fingerprint density at radius 2 is 1.72 bits per heavy atom. The minimum absolute atomic E-state index is 0.00292. The zero-order valence-corrected chi connectivity index (χ0v) is 18.8. The van der Waals surface area contributed by atoms with E-state index in [1.807, 2.05) is 0 Å². The first-order valence-electron chi connectivity index (χ1n) is 8.41. The molecule has 0 saturated carbocycles. The Labute approximate surface area is 189 Å². The van der Waals surface area contributed by atoms with Crippen LogP contribution in [-0.4, -0.2) is 15.7 Å². The van der Waals surface area contributed by atoms with E-state index < -0.39 is 35.8 Å². The number of benzene rings is 2. The smallest absolute Gasteiger partial charge is 0.416 e. The Morgan fingerprint density at radius 1 is 1.12 bits per heavy atom. The number of carbonyl (C=O) groups excluding carboxylic acids is 1. The van der Waals surface area contributed by atoms with Crippen LogP contribution < -0.4 is 10.5 Å². The van der Waals surface area contributed by atoms with Crippen LogP contribution in [0.3, 0.4) is 0 Å². The Balaban J connectivity index is 2.05. The number of rotatable bonds is 6. The fourth-order valence-corrected chi connectivity index (χ4v) is 5.64. The lowest BCUT2D eigenvalue weighted by atomic mass is 10.1. The summed E-state index contributed by atoms with van der Waals surface area (Å²) in [7, 11) is -5.88. The molecule has 1 amide bonds. The second-order valence-electron chi connectivity index (χ2n) is 6.53. The molecular weight excluding hydrogens is 548 g/mol. The third kappa shape index (κ3) is 4.67. The number of halogens is 6. The molecule has 6 nitrogen and oxygen atoms in total. The Kier molecular flexibility index (Phi) is 6.44. The van der Waals surface area contributed by atoms with Crippen molar-refractivity contribution >= 4 is 50.9 Å². The van der Waals surface area contributed by atoms with Crippen LogP contribution in [-0.2, 0) is 23.0 Å². The van der Waals surface area contributed by atoms with E-state index in [0.29, 0.717) is 16.9 Å². The van der Waals surface area contributed by atoms with Gasteiger partial charge in [0.1, 0.15) is 17.2 Å². The summed E-state index contributed by atoms with van der Waals surface area (Å²) in [6.07, 6.45) is -4.52. The number of amides is 1. The molecule has 4 N–H and O–H groups in total. The maximum atomic E-state index is 14.3. The highest BCUT2D eigenvalue weighted by Gasteiger charge is 2.53. The van der Waals surface area contributed by atoms with E-state index in [1.54, 1.807) is 0 Å². The van der Waals surface area contributed by atoms with E-state index in [4.69, 9.17) is 20.3 Å². The van der Waals surface area contributed by atoms with Crippen molar-refractivity contribution < 1.29 is 45.8 Å². The number of ether oxygens (including phenoxy) is 1. The molecule has 0 saturated heterocycles. The Bertz CT molecular complexity index is 1240. The Morgan fingerprint density at radius 3 is 2.22 bits per heavy atom. The maximum Gasteiger partial charge on any atom is 0.416 e. The molecule has 0 aliphatic rings. The van der Waals surface area contributed by atoms with Gasteiger partial charge in [0.15, 0.2) is 0 Å². The van der Waals surface area contributed by atoms with Gasteiger partial charge in [-0.2, -0.15) is 22.0 Å². The van der Waals surface area contributed by atoms with E-state index in [1.165, 1.54) is 0 Å². The van der Waals surface area contributed by atoms with Crippen molar-refractivity contribution in [2.45, 2.75) is 18.4 Å². The van der Waals surface area contributed by atoms with E-state index in [2.05, 4.69) is 15.9 Å². The van der Waals surface area contributed by atoms with Crippen LogP contribution in [0.4, 0.5) is 22.0 Å². The molecule has 0 spiro atoms.